The van der Waals surface area contributed by atoms with Crippen LogP contribution in [0.2, 0.25) is 0 Å². The number of phenolic OH excluding ortho intramolecular Hbond substituents is 1. The fourth-order valence-corrected chi connectivity index (χ4v) is 2.16. The summed E-state index contributed by atoms with van der Waals surface area (Å²) in [7, 11) is 0. The van der Waals surface area contributed by atoms with Crippen LogP contribution in [0.3, 0.4) is 0 Å². The Hall–Kier alpha value is -2.93. The molecule has 0 spiro atoms. The molecule has 2 aromatic rings. The van der Waals surface area contributed by atoms with Crippen molar-refractivity contribution >= 4 is 11.7 Å². The summed E-state index contributed by atoms with van der Waals surface area (Å²) in [6, 6.07) is 11.9. The van der Waals surface area contributed by atoms with Crippen LogP contribution in [0, 0.1) is 10.1 Å². The summed E-state index contributed by atoms with van der Waals surface area (Å²) < 4.78 is 0. The van der Waals surface area contributed by atoms with E-state index in [1.807, 2.05) is 30.3 Å². The van der Waals surface area contributed by atoms with E-state index in [0.717, 1.165) is 5.56 Å². The molecular weight excluding hydrogens is 300 g/mol. The number of hydrogen-bond donors (Lipinski definition) is 3. The lowest BCUT2D eigenvalue weighted by molar-refractivity contribution is -0.384. The molecule has 0 heterocycles. The minimum Gasteiger partial charge on any atom is -0.508 e. The number of aliphatic carboxylic acids is 1. The van der Waals surface area contributed by atoms with Crippen molar-refractivity contribution in [2.45, 2.75) is 19.0 Å². The number of nitrogens with zero attached hydrogens (tertiary/aromatic N) is 1. The molecule has 0 saturated heterocycles. The lowest BCUT2D eigenvalue weighted by atomic mass is 10.1. The Morgan fingerprint density at radius 1 is 1.22 bits per heavy atom. The van der Waals surface area contributed by atoms with Crippen molar-refractivity contribution < 1.29 is 19.9 Å². The van der Waals surface area contributed by atoms with Gasteiger partial charge in [0.25, 0.3) is 5.69 Å². The van der Waals surface area contributed by atoms with E-state index in [1.165, 1.54) is 18.2 Å². The summed E-state index contributed by atoms with van der Waals surface area (Å²) >= 11 is 0. The molecule has 2 aromatic carbocycles. The van der Waals surface area contributed by atoms with Gasteiger partial charge in [-0.2, -0.15) is 0 Å². The lowest BCUT2D eigenvalue weighted by Gasteiger charge is -2.15. The predicted octanol–water partition coefficient (Wildman–Crippen LogP) is 2.09. The molecule has 0 aliphatic carbocycles. The topological polar surface area (TPSA) is 113 Å². The van der Waals surface area contributed by atoms with Gasteiger partial charge < -0.3 is 10.2 Å². The van der Waals surface area contributed by atoms with E-state index in [2.05, 4.69) is 5.32 Å². The van der Waals surface area contributed by atoms with Gasteiger partial charge in [0.05, 0.1) is 4.92 Å². The van der Waals surface area contributed by atoms with E-state index < -0.39 is 16.9 Å². The SMILES string of the molecule is O=C(O)[C@H](Cc1ccccc1)NCc1cc([N+](=O)[O-])ccc1O. The first-order valence-corrected chi connectivity index (χ1v) is 6.94. The van der Waals surface area contributed by atoms with Crippen LogP contribution in [-0.4, -0.2) is 27.1 Å². The predicted molar refractivity (Wildman–Crippen MR) is 83.2 cm³/mol. The molecule has 0 radical (unpaired) electrons. The molecule has 0 amide bonds. The second-order valence-corrected chi connectivity index (χ2v) is 5.03. The van der Waals surface area contributed by atoms with Gasteiger partial charge in [-0.25, -0.2) is 0 Å². The van der Waals surface area contributed by atoms with Gasteiger partial charge in [0.1, 0.15) is 11.8 Å². The lowest BCUT2D eigenvalue weighted by Crippen LogP contribution is -2.38. The van der Waals surface area contributed by atoms with Gasteiger partial charge >= 0.3 is 5.97 Å². The van der Waals surface area contributed by atoms with E-state index in [-0.39, 0.29) is 30.0 Å². The van der Waals surface area contributed by atoms with Gasteiger partial charge in [-0.15, -0.1) is 0 Å². The maximum absolute atomic E-state index is 11.4. The van der Waals surface area contributed by atoms with Crippen LogP contribution in [-0.2, 0) is 17.8 Å². The summed E-state index contributed by atoms with van der Waals surface area (Å²) in [5, 5.41) is 32.6. The molecule has 0 unspecified atom stereocenters. The number of non-ortho nitro benzene ring substituents is 1. The summed E-state index contributed by atoms with van der Waals surface area (Å²) in [5.41, 5.74) is 0.976. The second-order valence-electron chi connectivity index (χ2n) is 5.03. The number of hydrogen-bond acceptors (Lipinski definition) is 5. The van der Waals surface area contributed by atoms with Gasteiger partial charge in [0, 0.05) is 24.2 Å². The zero-order chi connectivity index (χ0) is 16.8. The molecule has 23 heavy (non-hydrogen) atoms. The smallest absolute Gasteiger partial charge is 0.321 e. The van der Waals surface area contributed by atoms with Crippen molar-refractivity contribution in [1.29, 1.82) is 0 Å². The Labute approximate surface area is 132 Å². The molecule has 7 nitrogen and oxygen atoms in total. The molecule has 0 aliphatic heterocycles. The number of nitrogens with one attached hydrogen (secondary N) is 1. The minimum atomic E-state index is -1.03. The highest BCUT2D eigenvalue weighted by atomic mass is 16.6. The van der Waals surface area contributed by atoms with Gasteiger partial charge in [0.2, 0.25) is 0 Å². The third-order valence-corrected chi connectivity index (χ3v) is 3.39. The largest absolute Gasteiger partial charge is 0.508 e. The number of rotatable bonds is 7. The average Bonchev–Trinajstić information content (AvgIpc) is 2.53. The molecule has 0 bridgehead atoms. The van der Waals surface area contributed by atoms with Crippen LogP contribution < -0.4 is 5.32 Å². The fourth-order valence-electron chi connectivity index (χ4n) is 2.16. The van der Waals surface area contributed by atoms with Crippen molar-refractivity contribution in [3.8, 4) is 5.75 Å². The fraction of sp³-hybridized carbons (Fsp3) is 0.188. The second kappa shape index (κ2) is 7.37. The first kappa shape index (κ1) is 16.4. The van der Waals surface area contributed by atoms with Crippen molar-refractivity contribution in [3.05, 3.63) is 69.8 Å². The van der Waals surface area contributed by atoms with Crippen LogP contribution in [0.1, 0.15) is 11.1 Å². The van der Waals surface area contributed by atoms with E-state index in [1.54, 1.807) is 0 Å². The minimum absolute atomic E-state index is 0.0112. The molecule has 0 aromatic heterocycles. The van der Waals surface area contributed by atoms with Crippen molar-refractivity contribution in [3.63, 3.8) is 0 Å². The molecule has 120 valence electrons. The van der Waals surface area contributed by atoms with Crippen molar-refractivity contribution in [2.75, 3.05) is 0 Å². The van der Waals surface area contributed by atoms with Crippen LogP contribution >= 0.6 is 0 Å². The van der Waals surface area contributed by atoms with E-state index >= 15 is 0 Å². The highest BCUT2D eigenvalue weighted by Crippen LogP contribution is 2.22. The van der Waals surface area contributed by atoms with Gasteiger partial charge in [-0.1, -0.05) is 30.3 Å². The first-order chi connectivity index (χ1) is 11.0. The Morgan fingerprint density at radius 3 is 2.52 bits per heavy atom. The molecule has 2 rings (SSSR count). The third kappa shape index (κ3) is 4.52. The Balaban J connectivity index is 2.08. The average molecular weight is 316 g/mol. The third-order valence-electron chi connectivity index (χ3n) is 3.39. The molecule has 0 fully saturated rings. The Kier molecular flexibility index (Phi) is 5.27. The zero-order valence-electron chi connectivity index (χ0n) is 12.2. The van der Waals surface area contributed by atoms with Gasteiger partial charge in [-0.05, 0) is 18.1 Å². The molecule has 3 N–H and O–H groups in total. The highest BCUT2D eigenvalue weighted by Gasteiger charge is 2.18. The first-order valence-electron chi connectivity index (χ1n) is 6.94. The van der Waals surface area contributed by atoms with Crippen LogP contribution in [0.15, 0.2) is 48.5 Å². The number of carbonyl (C=O) groups is 1. The normalized spacial score (nSPS) is 11.8. The van der Waals surface area contributed by atoms with Crippen molar-refractivity contribution in [1.82, 2.24) is 5.32 Å². The van der Waals surface area contributed by atoms with Gasteiger partial charge in [-0.3, -0.25) is 20.2 Å². The quantitative estimate of drug-likeness (QED) is 0.532. The van der Waals surface area contributed by atoms with Crippen LogP contribution in [0.25, 0.3) is 0 Å². The summed E-state index contributed by atoms with van der Waals surface area (Å²) in [4.78, 5) is 21.5. The maximum Gasteiger partial charge on any atom is 0.321 e. The van der Waals surface area contributed by atoms with Gasteiger partial charge in [0.15, 0.2) is 0 Å². The molecule has 7 heteroatoms. The number of nitro groups is 1. The van der Waals surface area contributed by atoms with E-state index in [0.29, 0.717) is 0 Å². The summed E-state index contributed by atoms with van der Waals surface area (Å²) in [6.45, 7) is 0.0112. The zero-order valence-corrected chi connectivity index (χ0v) is 12.2. The highest BCUT2D eigenvalue weighted by molar-refractivity contribution is 5.74. The number of benzene rings is 2. The van der Waals surface area contributed by atoms with Crippen LogP contribution in [0.5, 0.6) is 5.75 Å². The molecule has 0 aliphatic rings. The molecule has 0 saturated carbocycles. The van der Waals surface area contributed by atoms with Crippen molar-refractivity contribution in [2.24, 2.45) is 0 Å². The number of phenols is 1. The van der Waals surface area contributed by atoms with E-state index in [9.17, 15) is 25.1 Å². The number of aromatic hydroxyl groups is 1. The number of carboxylic acid groups (broad SMARTS) is 1. The summed E-state index contributed by atoms with van der Waals surface area (Å²) in [5.74, 6) is -1.15. The Bertz CT molecular complexity index is 703. The molecular formula is C16H16N2O5. The Morgan fingerprint density at radius 2 is 1.91 bits per heavy atom. The van der Waals surface area contributed by atoms with E-state index in [4.69, 9.17) is 0 Å². The number of nitro benzene ring substituents is 1. The monoisotopic (exact) mass is 316 g/mol. The number of carboxylic acids is 1. The molecule has 1 atom stereocenters. The standard InChI is InChI=1S/C16H16N2O5/c19-15-7-6-13(18(22)23)9-12(15)10-17-14(16(20)21)8-11-4-2-1-3-5-11/h1-7,9,14,17,19H,8,10H2,(H,20,21)/t14-/m0/s1. The van der Waals surface area contributed by atoms with Crippen LogP contribution in [0.4, 0.5) is 5.69 Å². The maximum atomic E-state index is 11.4. The summed E-state index contributed by atoms with van der Waals surface area (Å²) in [6.07, 6.45) is 0.270.